The van der Waals surface area contributed by atoms with Crippen molar-refractivity contribution >= 4 is 17.2 Å². The minimum atomic E-state index is -0.795. The summed E-state index contributed by atoms with van der Waals surface area (Å²) >= 11 is 6.00. The molecule has 2 aliphatic heterocycles. The number of piperidine rings is 1. The standard InChI is InChI=1S/C28H26ClN3O2/c29-23-10-8-22(9-11-23)28(33)12-16-32(17-13-28)15-3-5-20-18-25-21(19-30)4-1-7-26(25)34-27-24(20)6-2-14-31-27/h1-2,4-11,14,18,21,33H,3,12-13,15-17H2. The van der Waals surface area contributed by atoms with E-state index in [1.165, 1.54) is 0 Å². The number of ether oxygens (including phenoxy) is 1. The van der Waals surface area contributed by atoms with E-state index < -0.39 is 5.60 Å². The Labute approximate surface area is 204 Å². The molecule has 0 bridgehead atoms. The summed E-state index contributed by atoms with van der Waals surface area (Å²) in [7, 11) is 0. The molecule has 34 heavy (non-hydrogen) atoms. The zero-order valence-corrected chi connectivity index (χ0v) is 19.6. The van der Waals surface area contributed by atoms with Crippen molar-refractivity contribution in [3.8, 4) is 11.9 Å². The molecule has 3 aliphatic rings. The molecule has 0 spiro atoms. The quantitative estimate of drug-likeness (QED) is 0.646. The van der Waals surface area contributed by atoms with E-state index in [1.807, 2.05) is 54.6 Å². The van der Waals surface area contributed by atoms with Gasteiger partial charge >= 0.3 is 0 Å². The van der Waals surface area contributed by atoms with Gasteiger partial charge in [0.15, 0.2) is 0 Å². The Morgan fingerprint density at radius 3 is 2.79 bits per heavy atom. The summed E-state index contributed by atoms with van der Waals surface area (Å²) in [5, 5.41) is 21.4. The average Bonchev–Trinajstić information content (AvgIpc) is 3.02. The molecule has 5 rings (SSSR count). The van der Waals surface area contributed by atoms with Gasteiger partial charge in [0.2, 0.25) is 5.88 Å². The Bertz CT molecular complexity index is 1230. The third-order valence-corrected chi connectivity index (χ3v) is 7.04. The van der Waals surface area contributed by atoms with Gasteiger partial charge in [0.05, 0.1) is 17.6 Å². The van der Waals surface area contributed by atoms with Gasteiger partial charge in [0.25, 0.3) is 0 Å². The Kier molecular flexibility index (Phi) is 6.38. The number of benzene rings is 1. The van der Waals surface area contributed by atoms with Crippen molar-refractivity contribution in [1.29, 1.82) is 5.26 Å². The lowest BCUT2D eigenvalue weighted by Gasteiger charge is -2.38. The van der Waals surface area contributed by atoms with Crippen molar-refractivity contribution in [3.05, 3.63) is 100 Å². The molecule has 1 aliphatic carbocycles. The van der Waals surface area contributed by atoms with Crippen LogP contribution in [-0.4, -0.2) is 34.6 Å². The summed E-state index contributed by atoms with van der Waals surface area (Å²) in [4.78, 5) is 6.82. The minimum absolute atomic E-state index is 0.342. The number of nitrogens with zero attached hydrogens (tertiary/aromatic N) is 3. The van der Waals surface area contributed by atoms with Crippen molar-refractivity contribution in [1.82, 2.24) is 9.88 Å². The Hall–Kier alpha value is -3.17. The van der Waals surface area contributed by atoms with Gasteiger partial charge in [0.1, 0.15) is 5.76 Å². The predicted molar refractivity (Wildman–Crippen MR) is 133 cm³/mol. The SMILES string of the molecule is N#CC1C=CC=C2Oc3ncccc3C(=CCCN3CCC(O)(c4ccc(Cl)cc4)CC3)C=C21. The van der Waals surface area contributed by atoms with Gasteiger partial charge in [-0.2, -0.15) is 5.26 Å². The number of nitriles is 1. The fourth-order valence-corrected chi connectivity index (χ4v) is 4.91. The fraction of sp³-hybridized carbons (Fsp3) is 0.286. The first kappa shape index (κ1) is 22.6. The van der Waals surface area contributed by atoms with Crippen molar-refractivity contribution in [2.75, 3.05) is 19.6 Å². The maximum Gasteiger partial charge on any atom is 0.227 e. The van der Waals surface area contributed by atoms with E-state index in [4.69, 9.17) is 16.3 Å². The van der Waals surface area contributed by atoms with Gasteiger partial charge in [0, 0.05) is 42.0 Å². The van der Waals surface area contributed by atoms with E-state index in [9.17, 15) is 10.4 Å². The molecule has 1 saturated heterocycles. The van der Waals surface area contributed by atoms with Crippen LogP contribution in [0.4, 0.5) is 0 Å². The Balaban J connectivity index is 1.29. The number of pyridine rings is 1. The number of fused-ring (bicyclic) bond motifs is 2. The fourth-order valence-electron chi connectivity index (χ4n) is 4.78. The summed E-state index contributed by atoms with van der Waals surface area (Å²) in [6.45, 7) is 2.56. The minimum Gasteiger partial charge on any atom is -0.438 e. The maximum atomic E-state index is 11.1. The molecule has 6 heteroatoms. The largest absolute Gasteiger partial charge is 0.438 e. The molecule has 1 atom stereocenters. The highest BCUT2D eigenvalue weighted by Gasteiger charge is 2.33. The summed E-state index contributed by atoms with van der Waals surface area (Å²) in [5.74, 6) is 0.893. The lowest BCUT2D eigenvalue weighted by Crippen LogP contribution is -2.42. The van der Waals surface area contributed by atoms with Crippen LogP contribution in [0.25, 0.3) is 5.57 Å². The van der Waals surface area contributed by atoms with E-state index in [1.54, 1.807) is 6.20 Å². The normalized spacial score (nSPS) is 22.5. The molecular formula is C28H26ClN3O2. The van der Waals surface area contributed by atoms with Gasteiger partial charge in [-0.15, -0.1) is 0 Å². The molecule has 1 aromatic heterocycles. The second kappa shape index (κ2) is 9.60. The van der Waals surface area contributed by atoms with Gasteiger partial charge in [-0.1, -0.05) is 42.0 Å². The first-order chi connectivity index (χ1) is 16.6. The molecular weight excluding hydrogens is 446 g/mol. The molecule has 1 aromatic carbocycles. The van der Waals surface area contributed by atoms with Gasteiger partial charge in [-0.05, 0) is 66.8 Å². The molecule has 5 nitrogen and oxygen atoms in total. The van der Waals surface area contributed by atoms with E-state index in [-0.39, 0.29) is 5.92 Å². The molecule has 3 heterocycles. The first-order valence-corrected chi connectivity index (χ1v) is 12.0. The van der Waals surface area contributed by atoms with Crippen molar-refractivity contribution in [2.45, 2.75) is 24.9 Å². The second-order valence-electron chi connectivity index (χ2n) is 8.91. The number of likely N-dealkylation sites (tertiary alicyclic amines) is 1. The molecule has 2 aromatic rings. The van der Waals surface area contributed by atoms with Gasteiger partial charge in [-0.25, -0.2) is 4.98 Å². The molecule has 172 valence electrons. The summed E-state index contributed by atoms with van der Waals surface area (Å²) in [6, 6.07) is 13.8. The molecule has 0 radical (unpaired) electrons. The van der Waals surface area contributed by atoms with Crippen molar-refractivity contribution in [3.63, 3.8) is 0 Å². The molecule has 1 unspecified atom stereocenters. The average molecular weight is 472 g/mol. The molecule has 1 fully saturated rings. The number of aliphatic hydroxyl groups is 1. The van der Waals surface area contributed by atoms with Crippen LogP contribution in [0.15, 0.2) is 84.3 Å². The molecule has 1 N–H and O–H groups in total. The van der Waals surface area contributed by atoms with E-state index in [0.29, 0.717) is 29.5 Å². The highest BCUT2D eigenvalue weighted by molar-refractivity contribution is 6.30. The third-order valence-electron chi connectivity index (χ3n) is 6.78. The number of aromatic nitrogens is 1. The van der Waals surface area contributed by atoms with E-state index in [0.717, 1.165) is 48.3 Å². The summed E-state index contributed by atoms with van der Waals surface area (Å²) in [6.07, 6.45) is 13.8. The molecule has 0 saturated carbocycles. The van der Waals surface area contributed by atoms with Crippen LogP contribution in [0, 0.1) is 17.2 Å². The maximum absolute atomic E-state index is 11.1. The lowest BCUT2D eigenvalue weighted by molar-refractivity contribution is -0.0254. The monoisotopic (exact) mass is 471 g/mol. The number of hydrogen-bond acceptors (Lipinski definition) is 5. The predicted octanol–water partition coefficient (Wildman–Crippen LogP) is 5.40. The van der Waals surface area contributed by atoms with Gasteiger partial charge in [-0.3, -0.25) is 0 Å². The van der Waals surface area contributed by atoms with E-state index in [2.05, 4.69) is 28.1 Å². The number of hydrogen-bond donors (Lipinski definition) is 1. The number of halogens is 1. The summed E-state index contributed by atoms with van der Waals surface area (Å²) < 4.78 is 6.08. The van der Waals surface area contributed by atoms with Crippen LogP contribution < -0.4 is 4.74 Å². The highest BCUT2D eigenvalue weighted by atomic mass is 35.5. The van der Waals surface area contributed by atoms with Crippen LogP contribution >= 0.6 is 11.6 Å². The van der Waals surface area contributed by atoms with Crippen LogP contribution in [0.3, 0.4) is 0 Å². The van der Waals surface area contributed by atoms with Crippen molar-refractivity contribution in [2.24, 2.45) is 5.92 Å². The molecule has 0 amide bonds. The zero-order chi connectivity index (χ0) is 23.5. The lowest BCUT2D eigenvalue weighted by atomic mass is 9.84. The topological polar surface area (TPSA) is 69.4 Å². The summed E-state index contributed by atoms with van der Waals surface area (Å²) in [5.41, 5.74) is 2.95. The first-order valence-electron chi connectivity index (χ1n) is 11.6. The second-order valence-corrected chi connectivity index (χ2v) is 9.35. The van der Waals surface area contributed by atoms with Gasteiger partial charge < -0.3 is 14.7 Å². The highest BCUT2D eigenvalue weighted by Crippen LogP contribution is 2.38. The smallest absolute Gasteiger partial charge is 0.227 e. The number of rotatable bonds is 4. The van der Waals surface area contributed by atoms with Crippen LogP contribution in [0.2, 0.25) is 5.02 Å². The van der Waals surface area contributed by atoms with Crippen molar-refractivity contribution < 1.29 is 9.84 Å². The van der Waals surface area contributed by atoms with Crippen LogP contribution in [0.5, 0.6) is 5.88 Å². The van der Waals surface area contributed by atoms with E-state index >= 15 is 0 Å². The Morgan fingerprint density at radius 1 is 1.24 bits per heavy atom. The van der Waals surface area contributed by atoms with Crippen LogP contribution in [0.1, 0.15) is 30.4 Å². The zero-order valence-electron chi connectivity index (χ0n) is 18.8. The van der Waals surface area contributed by atoms with Crippen LogP contribution in [-0.2, 0) is 5.60 Å². The Morgan fingerprint density at radius 2 is 2.03 bits per heavy atom. The third kappa shape index (κ3) is 4.58. The number of allylic oxidation sites excluding steroid dienone is 6.